The van der Waals surface area contributed by atoms with Crippen molar-refractivity contribution in [3.63, 3.8) is 0 Å². The summed E-state index contributed by atoms with van der Waals surface area (Å²) < 4.78 is 37.5. The number of methoxy groups -OCH3 is 1. The van der Waals surface area contributed by atoms with E-state index in [1.165, 1.54) is 57.8 Å². The van der Waals surface area contributed by atoms with Crippen LogP contribution in [0.4, 0.5) is 8.78 Å². The Bertz CT molecular complexity index is 483. The largest absolute Gasteiger partial charge is 0.494 e. The second kappa shape index (κ2) is 9.09. The van der Waals surface area contributed by atoms with E-state index in [2.05, 4.69) is 6.92 Å². The van der Waals surface area contributed by atoms with Gasteiger partial charge >= 0.3 is 0 Å². The third-order valence-corrected chi connectivity index (χ3v) is 4.91. The van der Waals surface area contributed by atoms with E-state index < -0.39 is 11.6 Å². The number of halogens is 2. The maximum absolute atomic E-state index is 13.8. The maximum atomic E-state index is 13.8. The smallest absolute Gasteiger partial charge is 0.204 e. The Morgan fingerprint density at radius 2 is 1.52 bits per heavy atom. The predicted molar refractivity (Wildman–Crippen MR) is 88.0 cm³/mol. The zero-order valence-electron chi connectivity index (χ0n) is 14.2. The molecule has 1 fully saturated rings. The van der Waals surface area contributed by atoms with E-state index in [1.807, 2.05) is 0 Å². The van der Waals surface area contributed by atoms with Gasteiger partial charge in [-0.1, -0.05) is 45.4 Å². The molecule has 130 valence electrons. The number of hydrogen-bond donors (Lipinski definition) is 0. The SMILES string of the molecule is CCCC1CCC(CCCOc2ccc(OC)c(F)c2F)CC1. The molecule has 1 aromatic rings. The van der Waals surface area contributed by atoms with Gasteiger partial charge in [0.25, 0.3) is 0 Å². The van der Waals surface area contributed by atoms with Crippen LogP contribution in [0.3, 0.4) is 0 Å². The quantitative estimate of drug-likeness (QED) is 0.567. The molecule has 0 unspecified atom stereocenters. The van der Waals surface area contributed by atoms with Crippen molar-refractivity contribution in [2.45, 2.75) is 58.3 Å². The van der Waals surface area contributed by atoms with Crippen molar-refractivity contribution in [3.8, 4) is 11.5 Å². The van der Waals surface area contributed by atoms with Gasteiger partial charge in [-0.25, -0.2) is 0 Å². The molecule has 2 nitrogen and oxygen atoms in total. The van der Waals surface area contributed by atoms with E-state index in [1.54, 1.807) is 0 Å². The van der Waals surface area contributed by atoms with Gasteiger partial charge in [0.2, 0.25) is 11.6 Å². The minimum absolute atomic E-state index is 0.0325. The molecular weight excluding hydrogens is 298 g/mol. The summed E-state index contributed by atoms with van der Waals surface area (Å²) in [4.78, 5) is 0. The molecule has 0 radical (unpaired) electrons. The summed E-state index contributed by atoms with van der Waals surface area (Å²) in [6, 6.07) is 2.82. The Labute approximate surface area is 138 Å². The van der Waals surface area contributed by atoms with Gasteiger partial charge in [-0.15, -0.1) is 0 Å². The third-order valence-electron chi connectivity index (χ3n) is 4.91. The highest BCUT2D eigenvalue weighted by atomic mass is 19.2. The van der Waals surface area contributed by atoms with E-state index in [0.717, 1.165) is 24.7 Å². The Hall–Kier alpha value is -1.32. The highest BCUT2D eigenvalue weighted by Gasteiger charge is 2.20. The average Bonchev–Trinajstić information content (AvgIpc) is 2.57. The molecule has 0 amide bonds. The Morgan fingerprint density at radius 3 is 2.13 bits per heavy atom. The lowest BCUT2D eigenvalue weighted by Gasteiger charge is -2.28. The molecule has 2 rings (SSSR count). The van der Waals surface area contributed by atoms with Crippen LogP contribution in [-0.4, -0.2) is 13.7 Å². The molecule has 4 heteroatoms. The molecule has 0 saturated heterocycles. The van der Waals surface area contributed by atoms with E-state index in [4.69, 9.17) is 9.47 Å². The topological polar surface area (TPSA) is 18.5 Å². The normalized spacial score (nSPS) is 21.2. The van der Waals surface area contributed by atoms with Crippen molar-refractivity contribution in [1.82, 2.24) is 0 Å². The molecular formula is C19H28F2O2. The van der Waals surface area contributed by atoms with Crippen LogP contribution in [-0.2, 0) is 0 Å². The lowest BCUT2D eigenvalue weighted by molar-refractivity contribution is 0.226. The number of rotatable bonds is 8. The Balaban J connectivity index is 1.69. The highest BCUT2D eigenvalue weighted by Crippen LogP contribution is 2.34. The fraction of sp³-hybridized carbons (Fsp3) is 0.684. The van der Waals surface area contributed by atoms with Gasteiger partial charge in [-0.3, -0.25) is 0 Å². The van der Waals surface area contributed by atoms with Crippen molar-refractivity contribution in [3.05, 3.63) is 23.8 Å². The van der Waals surface area contributed by atoms with Crippen LogP contribution in [0.1, 0.15) is 58.3 Å². The molecule has 1 aliphatic carbocycles. The van der Waals surface area contributed by atoms with Crippen LogP contribution in [0.15, 0.2) is 12.1 Å². The van der Waals surface area contributed by atoms with Crippen LogP contribution < -0.4 is 9.47 Å². The van der Waals surface area contributed by atoms with Crippen LogP contribution in [0.2, 0.25) is 0 Å². The zero-order valence-corrected chi connectivity index (χ0v) is 14.2. The maximum Gasteiger partial charge on any atom is 0.204 e. The van der Waals surface area contributed by atoms with Crippen molar-refractivity contribution in [1.29, 1.82) is 0 Å². The van der Waals surface area contributed by atoms with Crippen molar-refractivity contribution < 1.29 is 18.3 Å². The lowest BCUT2D eigenvalue weighted by Crippen LogP contribution is -2.15. The molecule has 0 atom stereocenters. The summed E-state index contributed by atoms with van der Waals surface area (Å²) in [5, 5.41) is 0. The summed E-state index contributed by atoms with van der Waals surface area (Å²) in [6.45, 7) is 2.68. The molecule has 0 aromatic heterocycles. The Kier molecular flexibility index (Phi) is 7.13. The Morgan fingerprint density at radius 1 is 0.957 bits per heavy atom. The fourth-order valence-electron chi connectivity index (χ4n) is 3.55. The van der Waals surface area contributed by atoms with E-state index in [9.17, 15) is 8.78 Å². The minimum Gasteiger partial charge on any atom is -0.494 e. The molecule has 0 heterocycles. The minimum atomic E-state index is -0.987. The second-order valence-corrected chi connectivity index (χ2v) is 6.56. The summed E-state index contributed by atoms with van der Waals surface area (Å²) in [5.41, 5.74) is 0. The van der Waals surface area contributed by atoms with E-state index in [0.29, 0.717) is 6.61 Å². The van der Waals surface area contributed by atoms with Gasteiger partial charge in [0.1, 0.15) is 0 Å². The van der Waals surface area contributed by atoms with Crippen LogP contribution in [0.25, 0.3) is 0 Å². The molecule has 0 aliphatic heterocycles. The zero-order chi connectivity index (χ0) is 16.7. The number of ether oxygens (including phenoxy) is 2. The summed E-state index contributed by atoms with van der Waals surface area (Å²) >= 11 is 0. The average molecular weight is 326 g/mol. The highest BCUT2D eigenvalue weighted by molar-refractivity contribution is 5.34. The molecule has 0 spiro atoms. The first-order chi connectivity index (χ1) is 11.2. The van der Waals surface area contributed by atoms with E-state index in [-0.39, 0.29) is 11.5 Å². The van der Waals surface area contributed by atoms with Crippen LogP contribution >= 0.6 is 0 Å². The van der Waals surface area contributed by atoms with Gasteiger partial charge in [0, 0.05) is 0 Å². The second-order valence-electron chi connectivity index (χ2n) is 6.56. The monoisotopic (exact) mass is 326 g/mol. The molecule has 1 saturated carbocycles. The summed E-state index contributed by atoms with van der Waals surface area (Å²) in [6.07, 6.45) is 9.93. The first kappa shape index (κ1) is 18.0. The van der Waals surface area contributed by atoms with Crippen LogP contribution in [0.5, 0.6) is 11.5 Å². The van der Waals surface area contributed by atoms with Crippen molar-refractivity contribution in [2.75, 3.05) is 13.7 Å². The first-order valence-electron chi connectivity index (χ1n) is 8.80. The fourth-order valence-corrected chi connectivity index (χ4v) is 3.55. The van der Waals surface area contributed by atoms with E-state index >= 15 is 0 Å². The standard InChI is InChI=1S/C19H28F2O2/c1-3-5-14-7-9-15(10-8-14)6-4-13-23-17-12-11-16(22-2)18(20)19(17)21/h11-12,14-15H,3-10,13H2,1-2H3. The first-order valence-corrected chi connectivity index (χ1v) is 8.80. The molecule has 23 heavy (non-hydrogen) atoms. The third kappa shape index (κ3) is 5.08. The van der Waals surface area contributed by atoms with Crippen molar-refractivity contribution >= 4 is 0 Å². The van der Waals surface area contributed by atoms with Gasteiger partial charge in [-0.2, -0.15) is 8.78 Å². The molecule has 0 bridgehead atoms. The molecule has 1 aliphatic rings. The van der Waals surface area contributed by atoms with Gasteiger partial charge in [-0.05, 0) is 36.8 Å². The van der Waals surface area contributed by atoms with Gasteiger partial charge in [0.15, 0.2) is 11.5 Å². The molecule has 0 N–H and O–H groups in total. The lowest BCUT2D eigenvalue weighted by atomic mass is 9.78. The summed E-state index contributed by atoms with van der Waals surface area (Å²) in [5.74, 6) is -0.398. The van der Waals surface area contributed by atoms with Gasteiger partial charge in [0.05, 0.1) is 13.7 Å². The van der Waals surface area contributed by atoms with Crippen LogP contribution in [0, 0.1) is 23.5 Å². The number of hydrogen-bond acceptors (Lipinski definition) is 2. The summed E-state index contributed by atoms with van der Waals surface area (Å²) in [7, 11) is 1.31. The molecule has 1 aromatic carbocycles. The number of benzene rings is 1. The van der Waals surface area contributed by atoms with Gasteiger partial charge < -0.3 is 9.47 Å². The van der Waals surface area contributed by atoms with Crippen molar-refractivity contribution in [2.24, 2.45) is 11.8 Å². The predicted octanol–water partition coefficient (Wildman–Crippen LogP) is 5.74.